The van der Waals surface area contributed by atoms with E-state index in [4.69, 9.17) is 5.73 Å². The van der Waals surface area contributed by atoms with Crippen LogP contribution in [0.1, 0.15) is 19.8 Å². The molecule has 0 bridgehead atoms. The number of methoxy groups -OCH3 is 1. The van der Waals surface area contributed by atoms with E-state index in [1.165, 1.54) is 7.11 Å². The Hall–Kier alpha value is -1.50. The van der Waals surface area contributed by atoms with Gasteiger partial charge >= 0.3 is 5.97 Å². The number of esters is 1. The van der Waals surface area contributed by atoms with Gasteiger partial charge in [0.2, 0.25) is 5.91 Å². The number of carbonyl (C=O) groups excluding carboxylic acids is 2. The molecule has 0 saturated heterocycles. The molecule has 0 heterocycles. The van der Waals surface area contributed by atoms with Gasteiger partial charge in [-0.15, -0.1) is 0 Å². The average Bonchev–Trinajstić information content (AvgIpc) is 2.28. The fourth-order valence-corrected chi connectivity index (χ4v) is 1.41. The summed E-state index contributed by atoms with van der Waals surface area (Å²) in [7, 11) is 1.18. The Kier molecular flexibility index (Phi) is 7.86. The van der Waals surface area contributed by atoms with E-state index in [0.29, 0.717) is 12.5 Å². The third-order valence-electron chi connectivity index (χ3n) is 2.40. The van der Waals surface area contributed by atoms with Gasteiger partial charge in [-0.05, 0) is 12.5 Å². The number of nitrogens with two attached hydrogens (primary N) is 1. The van der Waals surface area contributed by atoms with Gasteiger partial charge in [0.25, 0.3) is 6.08 Å². The molecular formula is C11H18F2N2O3. The van der Waals surface area contributed by atoms with Crippen LogP contribution >= 0.6 is 0 Å². The second kappa shape index (κ2) is 8.57. The number of amides is 1. The molecule has 0 spiro atoms. The summed E-state index contributed by atoms with van der Waals surface area (Å²) < 4.78 is 28.8. The SMILES string of the molecule is CC[C@H](NCC(C=C(F)F)CC(=O)OC)C(N)=O. The molecule has 0 rings (SSSR count). The summed E-state index contributed by atoms with van der Waals surface area (Å²) >= 11 is 0. The highest BCUT2D eigenvalue weighted by Crippen LogP contribution is 2.11. The standard InChI is InChI=1S/C11H18F2N2O3/c1-3-8(11(14)17)15-6-7(4-9(12)13)5-10(16)18-2/h4,7-8,15H,3,5-6H2,1-2H3,(H2,14,17)/t7?,8-/m0/s1. The zero-order valence-corrected chi connectivity index (χ0v) is 10.4. The molecule has 18 heavy (non-hydrogen) atoms. The Labute approximate surface area is 104 Å². The number of carbonyl (C=O) groups is 2. The lowest BCUT2D eigenvalue weighted by molar-refractivity contribution is -0.141. The first-order valence-corrected chi connectivity index (χ1v) is 5.53. The van der Waals surface area contributed by atoms with Gasteiger partial charge in [-0.1, -0.05) is 6.92 Å². The summed E-state index contributed by atoms with van der Waals surface area (Å²) in [5.41, 5.74) is 5.11. The van der Waals surface area contributed by atoms with Gasteiger partial charge in [0, 0.05) is 12.5 Å². The van der Waals surface area contributed by atoms with E-state index >= 15 is 0 Å². The summed E-state index contributed by atoms with van der Waals surface area (Å²) in [6.07, 6.45) is -0.951. The fraction of sp³-hybridized carbons (Fsp3) is 0.636. The number of primary amides is 1. The van der Waals surface area contributed by atoms with Gasteiger partial charge in [0.1, 0.15) is 0 Å². The van der Waals surface area contributed by atoms with Crippen LogP contribution in [-0.4, -0.2) is 31.6 Å². The minimum Gasteiger partial charge on any atom is -0.469 e. The van der Waals surface area contributed by atoms with Crippen LogP contribution < -0.4 is 11.1 Å². The second-order valence-electron chi connectivity index (χ2n) is 3.77. The molecular weight excluding hydrogens is 246 g/mol. The molecule has 2 atom stereocenters. The van der Waals surface area contributed by atoms with Crippen molar-refractivity contribution in [3.05, 3.63) is 12.2 Å². The zero-order chi connectivity index (χ0) is 14.1. The number of ether oxygens (including phenoxy) is 1. The van der Waals surface area contributed by atoms with Crippen LogP contribution in [0.5, 0.6) is 0 Å². The quantitative estimate of drug-likeness (QED) is 0.635. The van der Waals surface area contributed by atoms with Crippen LogP contribution in [0.4, 0.5) is 8.78 Å². The Morgan fingerprint density at radius 2 is 2.06 bits per heavy atom. The van der Waals surface area contributed by atoms with Gasteiger partial charge < -0.3 is 15.8 Å². The normalized spacial score (nSPS) is 13.6. The molecule has 1 unspecified atom stereocenters. The first-order chi connectivity index (χ1) is 8.40. The molecule has 104 valence electrons. The van der Waals surface area contributed by atoms with Gasteiger partial charge in [-0.2, -0.15) is 8.78 Å². The molecule has 0 saturated carbocycles. The topological polar surface area (TPSA) is 81.4 Å². The van der Waals surface area contributed by atoms with Crippen molar-refractivity contribution >= 4 is 11.9 Å². The number of hydrogen-bond acceptors (Lipinski definition) is 4. The van der Waals surface area contributed by atoms with Gasteiger partial charge in [0.05, 0.1) is 19.6 Å². The molecule has 5 nitrogen and oxygen atoms in total. The second-order valence-corrected chi connectivity index (χ2v) is 3.77. The van der Waals surface area contributed by atoms with Crippen molar-refractivity contribution in [3.63, 3.8) is 0 Å². The van der Waals surface area contributed by atoms with E-state index in [2.05, 4.69) is 10.1 Å². The van der Waals surface area contributed by atoms with Crippen LogP contribution in [0.3, 0.4) is 0 Å². The highest BCUT2D eigenvalue weighted by atomic mass is 19.3. The summed E-state index contributed by atoms with van der Waals surface area (Å²) in [6, 6.07) is -0.596. The summed E-state index contributed by atoms with van der Waals surface area (Å²) in [5, 5.41) is 2.74. The summed E-state index contributed by atoms with van der Waals surface area (Å²) in [6.45, 7) is 1.79. The predicted molar refractivity (Wildman–Crippen MR) is 61.7 cm³/mol. The van der Waals surface area contributed by atoms with Crippen molar-refractivity contribution in [1.82, 2.24) is 5.32 Å². The molecule has 0 aromatic heterocycles. The molecule has 0 aliphatic heterocycles. The Morgan fingerprint density at radius 3 is 2.44 bits per heavy atom. The van der Waals surface area contributed by atoms with Crippen molar-refractivity contribution in [1.29, 1.82) is 0 Å². The van der Waals surface area contributed by atoms with Crippen molar-refractivity contribution in [3.8, 4) is 0 Å². The first-order valence-electron chi connectivity index (χ1n) is 5.53. The van der Waals surface area contributed by atoms with Gasteiger partial charge in [0.15, 0.2) is 0 Å². The zero-order valence-electron chi connectivity index (χ0n) is 10.4. The predicted octanol–water partition coefficient (Wildman–Crippen LogP) is 0.800. The van der Waals surface area contributed by atoms with E-state index in [-0.39, 0.29) is 13.0 Å². The molecule has 0 fully saturated rings. The highest BCUT2D eigenvalue weighted by molar-refractivity contribution is 5.79. The van der Waals surface area contributed by atoms with E-state index in [1.54, 1.807) is 6.92 Å². The maximum absolute atomic E-state index is 12.2. The molecule has 0 radical (unpaired) electrons. The van der Waals surface area contributed by atoms with E-state index in [1.807, 2.05) is 0 Å². The number of rotatable bonds is 8. The summed E-state index contributed by atoms with van der Waals surface area (Å²) in [4.78, 5) is 22.0. The van der Waals surface area contributed by atoms with E-state index in [9.17, 15) is 18.4 Å². The van der Waals surface area contributed by atoms with Crippen LogP contribution in [0.2, 0.25) is 0 Å². The molecule has 7 heteroatoms. The molecule has 0 aromatic carbocycles. The first kappa shape index (κ1) is 16.5. The largest absolute Gasteiger partial charge is 0.469 e. The molecule has 0 aromatic rings. The van der Waals surface area contributed by atoms with E-state index in [0.717, 1.165) is 0 Å². The molecule has 3 N–H and O–H groups in total. The molecule has 0 aliphatic rings. The Morgan fingerprint density at radius 1 is 1.44 bits per heavy atom. The smallest absolute Gasteiger partial charge is 0.306 e. The van der Waals surface area contributed by atoms with Crippen LogP contribution in [0.15, 0.2) is 12.2 Å². The lowest BCUT2D eigenvalue weighted by atomic mass is 10.0. The summed E-state index contributed by atoms with van der Waals surface area (Å²) in [5.74, 6) is -1.89. The van der Waals surface area contributed by atoms with Crippen LogP contribution in [0, 0.1) is 5.92 Å². The maximum Gasteiger partial charge on any atom is 0.306 e. The Bertz CT molecular complexity index is 317. The lowest BCUT2D eigenvalue weighted by Crippen LogP contribution is -2.42. The molecule has 1 amide bonds. The lowest BCUT2D eigenvalue weighted by Gasteiger charge is -2.17. The van der Waals surface area contributed by atoms with Crippen molar-refractivity contribution in [2.75, 3.05) is 13.7 Å². The maximum atomic E-state index is 12.2. The van der Waals surface area contributed by atoms with Crippen molar-refractivity contribution < 1.29 is 23.1 Å². The van der Waals surface area contributed by atoms with Crippen LogP contribution in [-0.2, 0) is 14.3 Å². The van der Waals surface area contributed by atoms with Crippen molar-refractivity contribution in [2.24, 2.45) is 11.7 Å². The van der Waals surface area contributed by atoms with Crippen molar-refractivity contribution in [2.45, 2.75) is 25.8 Å². The van der Waals surface area contributed by atoms with Crippen LogP contribution in [0.25, 0.3) is 0 Å². The number of nitrogens with one attached hydrogen (secondary N) is 1. The molecule has 0 aliphatic carbocycles. The minimum absolute atomic E-state index is 0.0495. The fourth-order valence-electron chi connectivity index (χ4n) is 1.41. The average molecular weight is 264 g/mol. The number of hydrogen-bond donors (Lipinski definition) is 2. The number of halogens is 2. The monoisotopic (exact) mass is 264 g/mol. The third kappa shape index (κ3) is 6.95. The highest BCUT2D eigenvalue weighted by Gasteiger charge is 2.17. The van der Waals surface area contributed by atoms with E-state index < -0.39 is 29.9 Å². The minimum atomic E-state index is -1.88. The van der Waals surface area contributed by atoms with Gasteiger partial charge in [-0.3, -0.25) is 9.59 Å². The van der Waals surface area contributed by atoms with Gasteiger partial charge in [-0.25, -0.2) is 0 Å². The Balaban J connectivity index is 4.45. The third-order valence-corrected chi connectivity index (χ3v) is 2.40.